The number of carbonyl (C=O) groups is 1. The standard InChI is InChI=1S/C11H21NO3/c1-11(2,3)12-5-6-15-9(8-12)7-10(13)14-4/h9H,5-8H2,1-4H3. The van der Waals surface area contributed by atoms with Crippen LogP contribution in [0.4, 0.5) is 0 Å². The van der Waals surface area contributed by atoms with E-state index in [1.54, 1.807) is 0 Å². The number of esters is 1. The summed E-state index contributed by atoms with van der Waals surface area (Å²) in [6, 6.07) is 0. The predicted molar refractivity (Wildman–Crippen MR) is 57.7 cm³/mol. The lowest BCUT2D eigenvalue weighted by atomic mass is 10.0. The van der Waals surface area contributed by atoms with E-state index in [4.69, 9.17) is 4.74 Å². The maximum absolute atomic E-state index is 11.1. The SMILES string of the molecule is COC(=O)CC1CN(C(C)(C)C)CCO1. The third kappa shape index (κ3) is 3.80. The molecule has 0 radical (unpaired) electrons. The smallest absolute Gasteiger partial charge is 0.308 e. The number of methoxy groups -OCH3 is 1. The summed E-state index contributed by atoms with van der Waals surface area (Å²) in [4.78, 5) is 13.5. The molecule has 1 atom stereocenters. The first-order valence-corrected chi connectivity index (χ1v) is 5.37. The largest absolute Gasteiger partial charge is 0.469 e. The molecule has 0 aromatic rings. The van der Waals surface area contributed by atoms with Gasteiger partial charge in [0, 0.05) is 18.6 Å². The Hall–Kier alpha value is -0.610. The van der Waals surface area contributed by atoms with Crippen molar-refractivity contribution >= 4 is 5.97 Å². The van der Waals surface area contributed by atoms with Crippen LogP contribution >= 0.6 is 0 Å². The summed E-state index contributed by atoms with van der Waals surface area (Å²) in [7, 11) is 1.41. The summed E-state index contributed by atoms with van der Waals surface area (Å²) in [5.74, 6) is -0.198. The third-order valence-corrected chi connectivity index (χ3v) is 2.71. The molecule has 4 heteroatoms. The molecule has 1 aliphatic heterocycles. The lowest BCUT2D eigenvalue weighted by Crippen LogP contribution is -2.51. The zero-order valence-corrected chi connectivity index (χ0v) is 10.1. The van der Waals surface area contributed by atoms with Gasteiger partial charge < -0.3 is 9.47 Å². The number of nitrogens with zero attached hydrogens (tertiary/aromatic N) is 1. The van der Waals surface area contributed by atoms with Gasteiger partial charge in [-0.15, -0.1) is 0 Å². The Kier molecular flexibility index (Phi) is 4.11. The van der Waals surface area contributed by atoms with E-state index in [1.807, 2.05) is 0 Å². The van der Waals surface area contributed by atoms with E-state index in [0.29, 0.717) is 13.0 Å². The third-order valence-electron chi connectivity index (χ3n) is 2.71. The zero-order valence-electron chi connectivity index (χ0n) is 10.1. The fraction of sp³-hybridized carbons (Fsp3) is 0.909. The van der Waals surface area contributed by atoms with Gasteiger partial charge >= 0.3 is 5.97 Å². The van der Waals surface area contributed by atoms with Crippen molar-refractivity contribution < 1.29 is 14.3 Å². The van der Waals surface area contributed by atoms with Gasteiger partial charge in [0.1, 0.15) is 0 Å². The topological polar surface area (TPSA) is 38.8 Å². The van der Waals surface area contributed by atoms with Crippen molar-refractivity contribution in [3.8, 4) is 0 Å². The van der Waals surface area contributed by atoms with Gasteiger partial charge in [0.15, 0.2) is 0 Å². The zero-order chi connectivity index (χ0) is 11.5. The van der Waals surface area contributed by atoms with Crippen LogP contribution < -0.4 is 0 Å². The first-order chi connectivity index (χ1) is 6.93. The molecule has 88 valence electrons. The van der Waals surface area contributed by atoms with E-state index in [0.717, 1.165) is 13.1 Å². The van der Waals surface area contributed by atoms with Crippen LogP contribution in [0.1, 0.15) is 27.2 Å². The number of carbonyl (C=O) groups excluding carboxylic acids is 1. The second-order valence-electron chi connectivity index (χ2n) is 4.89. The second-order valence-corrected chi connectivity index (χ2v) is 4.89. The van der Waals surface area contributed by atoms with Crippen molar-refractivity contribution in [1.29, 1.82) is 0 Å². The summed E-state index contributed by atoms with van der Waals surface area (Å²) in [6.45, 7) is 8.95. The summed E-state index contributed by atoms with van der Waals surface area (Å²) >= 11 is 0. The highest BCUT2D eigenvalue weighted by Gasteiger charge is 2.29. The van der Waals surface area contributed by atoms with Crippen molar-refractivity contribution in [3.05, 3.63) is 0 Å². The van der Waals surface area contributed by atoms with Crippen LogP contribution in [0, 0.1) is 0 Å². The van der Waals surface area contributed by atoms with Gasteiger partial charge in [0.2, 0.25) is 0 Å². The molecule has 0 amide bonds. The van der Waals surface area contributed by atoms with Gasteiger partial charge in [-0.2, -0.15) is 0 Å². The average Bonchev–Trinajstić information content (AvgIpc) is 2.17. The summed E-state index contributed by atoms with van der Waals surface area (Å²) in [5, 5.41) is 0. The van der Waals surface area contributed by atoms with Crippen molar-refractivity contribution in [3.63, 3.8) is 0 Å². The Morgan fingerprint density at radius 2 is 2.20 bits per heavy atom. The van der Waals surface area contributed by atoms with Crippen LogP contribution in [0.5, 0.6) is 0 Å². The van der Waals surface area contributed by atoms with Gasteiger partial charge in [-0.05, 0) is 20.8 Å². The molecule has 4 nitrogen and oxygen atoms in total. The first-order valence-electron chi connectivity index (χ1n) is 5.37. The molecule has 1 fully saturated rings. The predicted octanol–water partition coefficient (Wildman–Crippen LogP) is 1.05. The molecule has 0 bridgehead atoms. The Balaban J connectivity index is 2.46. The van der Waals surface area contributed by atoms with Crippen LogP contribution in [0.2, 0.25) is 0 Å². The minimum atomic E-state index is -0.198. The molecule has 1 rings (SSSR count). The molecular weight excluding hydrogens is 194 g/mol. The van der Waals surface area contributed by atoms with E-state index in [1.165, 1.54) is 7.11 Å². The minimum Gasteiger partial charge on any atom is -0.469 e. The number of morpholine rings is 1. The van der Waals surface area contributed by atoms with E-state index in [2.05, 4.69) is 30.4 Å². The molecular formula is C11H21NO3. The van der Waals surface area contributed by atoms with Crippen LogP contribution in [-0.2, 0) is 14.3 Å². The van der Waals surface area contributed by atoms with Crippen molar-refractivity contribution in [2.24, 2.45) is 0 Å². The van der Waals surface area contributed by atoms with Crippen LogP contribution in [0.25, 0.3) is 0 Å². The molecule has 1 heterocycles. The quantitative estimate of drug-likeness (QED) is 0.645. The second kappa shape index (κ2) is 4.94. The number of hydrogen-bond acceptors (Lipinski definition) is 4. The monoisotopic (exact) mass is 215 g/mol. The van der Waals surface area contributed by atoms with Crippen molar-refractivity contribution in [2.45, 2.75) is 38.8 Å². The van der Waals surface area contributed by atoms with Gasteiger partial charge in [-0.3, -0.25) is 9.69 Å². The molecule has 0 aliphatic carbocycles. The normalized spacial score (nSPS) is 23.9. The summed E-state index contributed by atoms with van der Waals surface area (Å²) in [5.41, 5.74) is 0.137. The highest BCUT2D eigenvalue weighted by molar-refractivity contribution is 5.69. The number of rotatable bonds is 2. The van der Waals surface area contributed by atoms with Gasteiger partial charge in [0.05, 0.1) is 26.2 Å². The molecule has 15 heavy (non-hydrogen) atoms. The Morgan fingerprint density at radius 1 is 1.53 bits per heavy atom. The van der Waals surface area contributed by atoms with Crippen molar-refractivity contribution in [2.75, 3.05) is 26.8 Å². The average molecular weight is 215 g/mol. The molecule has 0 spiro atoms. The lowest BCUT2D eigenvalue weighted by molar-refractivity contribution is -0.146. The number of ether oxygens (including phenoxy) is 2. The molecule has 0 N–H and O–H groups in total. The molecule has 1 aliphatic rings. The fourth-order valence-corrected chi connectivity index (χ4v) is 1.72. The summed E-state index contributed by atoms with van der Waals surface area (Å²) < 4.78 is 10.2. The molecule has 0 aromatic heterocycles. The van der Waals surface area contributed by atoms with Crippen LogP contribution in [-0.4, -0.2) is 49.3 Å². The van der Waals surface area contributed by atoms with E-state index in [-0.39, 0.29) is 17.6 Å². The summed E-state index contributed by atoms with van der Waals surface area (Å²) in [6.07, 6.45) is 0.328. The Labute approximate surface area is 91.5 Å². The minimum absolute atomic E-state index is 0.0228. The highest BCUT2D eigenvalue weighted by Crippen LogP contribution is 2.18. The van der Waals surface area contributed by atoms with Crippen molar-refractivity contribution in [1.82, 2.24) is 4.90 Å². The Morgan fingerprint density at radius 3 is 2.73 bits per heavy atom. The molecule has 1 saturated heterocycles. The van der Waals surface area contributed by atoms with Crippen LogP contribution in [0.15, 0.2) is 0 Å². The van der Waals surface area contributed by atoms with E-state index < -0.39 is 0 Å². The lowest BCUT2D eigenvalue weighted by Gasteiger charge is -2.41. The highest BCUT2D eigenvalue weighted by atomic mass is 16.5. The molecule has 0 aromatic carbocycles. The van der Waals surface area contributed by atoms with E-state index in [9.17, 15) is 4.79 Å². The van der Waals surface area contributed by atoms with Crippen LogP contribution in [0.3, 0.4) is 0 Å². The maximum atomic E-state index is 11.1. The van der Waals surface area contributed by atoms with Gasteiger partial charge in [0.25, 0.3) is 0 Å². The maximum Gasteiger partial charge on any atom is 0.308 e. The first kappa shape index (κ1) is 12.5. The Bertz CT molecular complexity index is 222. The molecule has 0 saturated carbocycles. The van der Waals surface area contributed by atoms with Gasteiger partial charge in [-0.1, -0.05) is 0 Å². The molecule has 1 unspecified atom stereocenters. The van der Waals surface area contributed by atoms with E-state index >= 15 is 0 Å². The fourth-order valence-electron chi connectivity index (χ4n) is 1.72. The van der Waals surface area contributed by atoms with Gasteiger partial charge in [-0.25, -0.2) is 0 Å². The number of hydrogen-bond donors (Lipinski definition) is 0.